The number of hydrogen-bond donors (Lipinski definition) is 1. The Kier molecular flexibility index (Phi) is 6.27. The molecule has 0 fully saturated rings. The Hall–Kier alpha value is -4.26. The first-order valence-electron chi connectivity index (χ1n) is 10.7. The maximum Gasteiger partial charge on any atom is 0.282 e. The van der Waals surface area contributed by atoms with Crippen molar-refractivity contribution in [1.29, 1.82) is 0 Å². The smallest absolute Gasteiger partial charge is 0.282 e. The van der Waals surface area contributed by atoms with E-state index >= 15 is 0 Å². The average Bonchev–Trinajstić information content (AvgIpc) is 3.09. The number of amides is 2. The molecular formula is C27H26N2O5. The largest absolute Gasteiger partial charge is 0.497 e. The van der Waals surface area contributed by atoms with Gasteiger partial charge in [0.05, 0.1) is 32.6 Å². The van der Waals surface area contributed by atoms with E-state index in [-0.39, 0.29) is 5.70 Å². The highest BCUT2D eigenvalue weighted by Gasteiger charge is 2.40. The van der Waals surface area contributed by atoms with Gasteiger partial charge in [0.2, 0.25) is 0 Å². The standard InChI is InChI=1S/C27H26N2O5/c1-16-9-10-18(13-17(16)2)24-25(28-19-11-12-22(33-4)23(14-19)34-5)27(31)29(26(24)30)20-7-6-8-21(15-20)32-3/h6-15,28H,1-5H3. The van der Waals surface area contributed by atoms with Crippen LogP contribution in [0.15, 0.2) is 66.4 Å². The number of nitrogens with one attached hydrogen (secondary N) is 1. The molecule has 0 radical (unpaired) electrons. The van der Waals surface area contributed by atoms with E-state index in [1.54, 1.807) is 49.6 Å². The molecule has 0 saturated heterocycles. The Morgan fingerprint density at radius 2 is 1.50 bits per heavy atom. The number of anilines is 2. The summed E-state index contributed by atoms with van der Waals surface area (Å²) >= 11 is 0. The third-order valence-corrected chi connectivity index (χ3v) is 5.84. The predicted octanol–water partition coefficient (Wildman–Crippen LogP) is 4.73. The van der Waals surface area contributed by atoms with E-state index in [4.69, 9.17) is 14.2 Å². The van der Waals surface area contributed by atoms with Crippen molar-refractivity contribution >= 4 is 28.8 Å². The molecule has 0 aliphatic carbocycles. The Balaban J connectivity index is 1.83. The zero-order valence-electron chi connectivity index (χ0n) is 19.8. The third-order valence-electron chi connectivity index (χ3n) is 5.84. The monoisotopic (exact) mass is 458 g/mol. The number of imide groups is 1. The van der Waals surface area contributed by atoms with Crippen molar-refractivity contribution in [2.24, 2.45) is 0 Å². The average molecular weight is 459 g/mol. The quantitative estimate of drug-likeness (QED) is 0.516. The summed E-state index contributed by atoms with van der Waals surface area (Å²) in [4.78, 5) is 28.4. The highest BCUT2D eigenvalue weighted by atomic mass is 16.5. The van der Waals surface area contributed by atoms with Gasteiger partial charge >= 0.3 is 0 Å². The lowest BCUT2D eigenvalue weighted by atomic mass is 9.99. The molecule has 0 unspecified atom stereocenters. The van der Waals surface area contributed by atoms with Crippen LogP contribution < -0.4 is 24.4 Å². The molecule has 0 spiro atoms. The number of aryl methyl sites for hydroxylation is 2. The molecule has 1 heterocycles. The topological polar surface area (TPSA) is 77.1 Å². The molecule has 7 heteroatoms. The molecule has 1 aliphatic rings. The number of hydrogen-bond acceptors (Lipinski definition) is 6. The zero-order chi connectivity index (χ0) is 24.4. The van der Waals surface area contributed by atoms with Crippen LogP contribution in [0.2, 0.25) is 0 Å². The van der Waals surface area contributed by atoms with E-state index in [1.807, 2.05) is 32.0 Å². The van der Waals surface area contributed by atoms with Crippen LogP contribution in [-0.2, 0) is 9.59 Å². The van der Waals surface area contributed by atoms with Gasteiger partial charge in [-0.2, -0.15) is 0 Å². The van der Waals surface area contributed by atoms with Gasteiger partial charge in [0.15, 0.2) is 11.5 Å². The van der Waals surface area contributed by atoms with Crippen molar-refractivity contribution < 1.29 is 23.8 Å². The van der Waals surface area contributed by atoms with Gasteiger partial charge < -0.3 is 19.5 Å². The highest BCUT2D eigenvalue weighted by molar-refractivity contribution is 6.46. The predicted molar refractivity (Wildman–Crippen MR) is 131 cm³/mol. The lowest BCUT2D eigenvalue weighted by molar-refractivity contribution is -0.120. The summed E-state index contributed by atoms with van der Waals surface area (Å²) in [5, 5.41) is 3.16. The molecule has 0 saturated carbocycles. The lowest BCUT2D eigenvalue weighted by Crippen LogP contribution is -2.32. The van der Waals surface area contributed by atoms with Gasteiger partial charge in [-0.3, -0.25) is 9.59 Å². The SMILES string of the molecule is COc1cccc(N2C(=O)C(Nc3ccc(OC)c(OC)c3)=C(c3ccc(C)c(C)c3)C2=O)c1. The van der Waals surface area contributed by atoms with Crippen molar-refractivity contribution in [2.45, 2.75) is 13.8 Å². The summed E-state index contributed by atoms with van der Waals surface area (Å²) in [6.45, 7) is 3.97. The fraction of sp³-hybridized carbons (Fsp3) is 0.185. The molecule has 34 heavy (non-hydrogen) atoms. The molecule has 1 aliphatic heterocycles. The van der Waals surface area contributed by atoms with E-state index in [0.29, 0.717) is 39.8 Å². The van der Waals surface area contributed by atoms with E-state index < -0.39 is 11.8 Å². The summed E-state index contributed by atoms with van der Waals surface area (Å²) in [7, 11) is 4.63. The Morgan fingerprint density at radius 3 is 2.18 bits per heavy atom. The Morgan fingerprint density at radius 1 is 0.735 bits per heavy atom. The lowest BCUT2D eigenvalue weighted by Gasteiger charge is -2.16. The second-order valence-corrected chi connectivity index (χ2v) is 7.89. The molecule has 7 nitrogen and oxygen atoms in total. The first-order valence-corrected chi connectivity index (χ1v) is 10.7. The molecule has 1 N–H and O–H groups in total. The van der Waals surface area contributed by atoms with Gasteiger partial charge in [0, 0.05) is 17.8 Å². The summed E-state index contributed by atoms with van der Waals surface area (Å²) in [5.74, 6) is 0.739. The number of carbonyl (C=O) groups is 2. The van der Waals surface area contributed by atoms with Crippen LogP contribution in [0.5, 0.6) is 17.2 Å². The minimum Gasteiger partial charge on any atom is -0.497 e. The van der Waals surface area contributed by atoms with Crippen LogP contribution in [0.1, 0.15) is 16.7 Å². The summed E-state index contributed by atoms with van der Waals surface area (Å²) in [5.41, 5.74) is 4.28. The van der Waals surface area contributed by atoms with Crippen molar-refractivity contribution in [3.63, 3.8) is 0 Å². The van der Waals surface area contributed by atoms with E-state index in [9.17, 15) is 9.59 Å². The van der Waals surface area contributed by atoms with Gasteiger partial charge in [-0.25, -0.2) is 4.90 Å². The molecule has 0 atom stereocenters. The van der Waals surface area contributed by atoms with Crippen LogP contribution in [-0.4, -0.2) is 33.1 Å². The van der Waals surface area contributed by atoms with Gasteiger partial charge in [0.1, 0.15) is 11.4 Å². The minimum atomic E-state index is -0.457. The molecule has 0 aromatic heterocycles. The molecular weight excluding hydrogens is 432 g/mol. The van der Waals surface area contributed by atoms with Gasteiger partial charge in [0.25, 0.3) is 11.8 Å². The number of methoxy groups -OCH3 is 3. The third kappa shape index (κ3) is 4.08. The number of nitrogens with zero attached hydrogens (tertiary/aromatic N) is 1. The second-order valence-electron chi connectivity index (χ2n) is 7.89. The van der Waals surface area contributed by atoms with Gasteiger partial charge in [-0.1, -0.05) is 24.3 Å². The number of rotatable bonds is 7. The zero-order valence-corrected chi connectivity index (χ0v) is 19.8. The molecule has 174 valence electrons. The molecule has 2 amide bonds. The number of carbonyl (C=O) groups excluding carboxylic acids is 2. The van der Waals surface area contributed by atoms with Gasteiger partial charge in [-0.15, -0.1) is 0 Å². The van der Waals surface area contributed by atoms with Crippen LogP contribution in [0, 0.1) is 13.8 Å². The normalized spacial score (nSPS) is 13.4. The second kappa shape index (κ2) is 9.31. The first kappa shape index (κ1) is 22.9. The van der Waals surface area contributed by atoms with E-state index in [0.717, 1.165) is 16.0 Å². The van der Waals surface area contributed by atoms with E-state index in [1.165, 1.54) is 14.2 Å². The molecule has 3 aromatic rings. The number of benzene rings is 3. The summed E-state index contributed by atoms with van der Waals surface area (Å²) in [6.07, 6.45) is 0. The molecule has 4 rings (SSSR count). The Labute approximate surface area is 198 Å². The van der Waals surface area contributed by atoms with Crippen molar-refractivity contribution in [3.05, 3.63) is 83.1 Å². The van der Waals surface area contributed by atoms with E-state index in [2.05, 4.69) is 5.32 Å². The molecule has 0 bridgehead atoms. The van der Waals surface area contributed by atoms with Crippen LogP contribution in [0.4, 0.5) is 11.4 Å². The first-order chi connectivity index (χ1) is 16.4. The maximum atomic E-state index is 13.7. The van der Waals surface area contributed by atoms with Crippen molar-refractivity contribution in [3.8, 4) is 17.2 Å². The van der Waals surface area contributed by atoms with Crippen molar-refractivity contribution in [1.82, 2.24) is 0 Å². The fourth-order valence-electron chi connectivity index (χ4n) is 3.85. The van der Waals surface area contributed by atoms with Crippen LogP contribution >= 0.6 is 0 Å². The van der Waals surface area contributed by atoms with Crippen LogP contribution in [0.25, 0.3) is 5.57 Å². The van der Waals surface area contributed by atoms with Gasteiger partial charge in [-0.05, 0) is 54.8 Å². The fourth-order valence-corrected chi connectivity index (χ4v) is 3.85. The van der Waals surface area contributed by atoms with Crippen molar-refractivity contribution in [2.75, 3.05) is 31.5 Å². The molecule has 3 aromatic carbocycles. The van der Waals surface area contributed by atoms with Crippen LogP contribution in [0.3, 0.4) is 0 Å². The summed E-state index contributed by atoms with van der Waals surface area (Å²) < 4.78 is 16.0. The number of ether oxygens (including phenoxy) is 3. The summed E-state index contributed by atoms with van der Waals surface area (Å²) in [6, 6.07) is 17.8. The minimum absolute atomic E-state index is 0.184. The Bertz CT molecular complexity index is 1310. The maximum absolute atomic E-state index is 13.7. The highest BCUT2D eigenvalue weighted by Crippen LogP contribution is 2.37.